The average molecular weight is 435 g/mol. The van der Waals surface area contributed by atoms with E-state index in [2.05, 4.69) is 25.9 Å². The average Bonchev–Trinajstić information content (AvgIpc) is 3.39. The Labute approximate surface area is 179 Å². The van der Waals surface area contributed by atoms with Crippen LogP contribution in [0.1, 0.15) is 36.3 Å². The summed E-state index contributed by atoms with van der Waals surface area (Å²) in [5.41, 5.74) is 2.08. The largest absolute Gasteiger partial charge is 0.494 e. The van der Waals surface area contributed by atoms with Crippen LogP contribution in [0.5, 0.6) is 5.75 Å². The van der Waals surface area contributed by atoms with Gasteiger partial charge in [0.05, 0.1) is 24.5 Å². The highest BCUT2D eigenvalue weighted by atomic mass is 35.5. The molecular weight excluding hydrogens is 412 g/mol. The Morgan fingerprint density at radius 1 is 1.31 bits per heavy atom. The summed E-state index contributed by atoms with van der Waals surface area (Å²) in [6, 6.07) is 8.03. The number of anilines is 1. The van der Waals surface area contributed by atoms with E-state index in [-0.39, 0.29) is 18.3 Å². The molecule has 0 unspecified atom stereocenters. The Morgan fingerprint density at radius 2 is 2.07 bits per heavy atom. The van der Waals surface area contributed by atoms with E-state index in [4.69, 9.17) is 4.74 Å². The van der Waals surface area contributed by atoms with Gasteiger partial charge in [-0.25, -0.2) is 9.67 Å². The summed E-state index contributed by atoms with van der Waals surface area (Å²) in [6.45, 7) is 4.50. The van der Waals surface area contributed by atoms with E-state index in [1.165, 1.54) is 11.3 Å². The number of nitrogens with zero attached hydrogens (tertiary/aromatic N) is 4. The Bertz CT molecular complexity index is 936. The molecule has 10 heteroatoms. The highest BCUT2D eigenvalue weighted by molar-refractivity contribution is 7.14. The molecule has 2 aromatic heterocycles. The summed E-state index contributed by atoms with van der Waals surface area (Å²) in [6.07, 6.45) is 3.69. The van der Waals surface area contributed by atoms with Crippen molar-refractivity contribution in [3.05, 3.63) is 41.5 Å². The van der Waals surface area contributed by atoms with Gasteiger partial charge in [-0.3, -0.25) is 10.1 Å². The van der Waals surface area contributed by atoms with Gasteiger partial charge in [0.25, 0.3) is 5.91 Å². The molecule has 1 amide bonds. The lowest BCUT2D eigenvalue weighted by atomic mass is 10.1. The molecule has 1 fully saturated rings. The molecule has 1 aliphatic rings. The van der Waals surface area contributed by atoms with E-state index in [1.54, 1.807) is 10.9 Å². The first kappa shape index (κ1) is 21.2. The van der Waals surface area contributed by atoms with Crippen LogP contribution in [0.15, 0.2) is 35.8 Å². The van der Waals surface area contributed by atoms with Crippen LogP contribution in [0.2, 0.25) is 0 Å². The molecule has 29 heavy (non-hydrogen) atoms. The minimum absolute atomic E-state index is 0. The Morgan fingerprint density at radius 3 is 2.79 bits per heavy atom. The predicted molar refractivity (Wildman–Crippen MR) is 115 cm³/mol. The van der Waals surface area contributed by atoms with Crippen LogP contribution in [-0.4, -0.2) is 45.6 Å². The molecule has 0 saturated carbocycles. The summed E-state index contributed by atoms with van der Waals surface area (Å²) in [7, 11) is 0. The maximum Gasteiger partial charge on any atom is 0.279 e. The smallest absolute Gasteiger partial charge is 0.279 e. The van der Waals surface area contributed by atoms with Gasteiger partial charge in [-0.05, 0) is 57.1 Å². The van der Waals surface area contributed by atoms with Crippen molar-refractivity contribution in [3.63, 3.8) is 0 Å². The number of amides is 1. The molecule has 0 aliphatic carbocycles. The first-order chi connectivity index (χ1) is 13.7. The number of benzene rings is 1. The fourth-order valence-electron chi connectivity index (χ4n) is 3.14. The van der Waals surface area contributed by atoms with Gasteiger partial charge in [-0.2, -0.15) is 0 Å². The van der Waals surface area contributed by atoms with Crippen molar-refractivity contribution < 1.29 is 9.53 Å². The van der Waals surface area contributed by atoms with Gasteiger partial charge in [-0.1, -0.05) is 5.21 Å². The summed E-state index contributed by atoms with van der Waals surface area (Å²) in [5.74, 6) is 0.527. The van der Waals surface area contributed by atoms with Crippen molar-refractivity contribution >= 4 is 34.8 Å². The van der Waals surface area contributed by atoms with E-state index >= 15 is 0 Å². The number of carbonyl (C=O) groups is 1. The maximum atomic E-state index is 12.5. The van der Waals surface area contributed by atoms with Gasteiger partial charge >= 0.3 is 0 Å². The Balaban J connectivity index is 0.00000240. The SMILES string of the molecule is CCOc1ccc(-c2csc(NC(=O)c3cn(C4CCNCC4)nn3)n2)cc1.Cl. The molecule has 1 aromatic carbocycles. The number of piperidine rings is 1. The number of ether oxygens (including phenoxy) is 1. The molecule has 1 aliphatic heterocycles. The standard InChI is InChI=1S/C19H22N6O2S.ClH/c1-2-27-15-5-3-13(4-6-15)17-12-28-19(21-17)22-18(26)16-11-25(24-23-16)14-7-9-20-10-8-14;/h3-6,11-12,14,20H,2,7-10H2,1H3,(H,21,22,26);1H. The van der Waals surface area contributed by atoms with E-state index < -0.39 is 0 Å². The molecule has 1 saturated heterocycles. The molecule has 4 rings (SSSR count). The van der Waals surface area contributed by atoms with E-state index in [0.29, 0.717) is 23.5 Å². The summed E-state index contributed by atoms with van der Waals surface area (Å²) >= 11 is 1.38. The third kappa shape index (κ3) is 5.11. The Hall–Kier alpha value is -2.49. The summed E-state index contributed by atoms with van der Waals surface area (Å²) in [5, 5.41) is 16.7. The van der Waals surface area contributed by atoms with E-state index in [1.807, 2.05) is 36.6 Å². The van der Waals surface area contributed by atoms with E-state index in [0.717, 1.165) is 42.9 Å². The predicted octanol–water partition coefficient (Wildman–Crippen LogP) is 3.40. The molecule has 3 heterocycles. The lowest BCUT2D eigenvalue weighted by molar-refractivity contribution is 0.102. The monoisotopic (exact) mass is 434 g/mol. The van der Waals surface area contributed by atoms with Gasteiger partial charge in [0.1, 0.15) is 5.75 Å². The maximum absolute atomic E-state index is 12.5. The molecule has 0 bridgehead atoms. The summed E-state index contributed by atoms with van der Waals surface area (Å²) in [4.78, 5) is 17.0. The fraction of sp³-hybridized carbons (Fsp3) is 0.368. The first-order valence-corrected chi connectivity index (χ1v) is 10.2. The fourth-order valence-corrected chi connectivity index (χ4v) is 3.86. The van der Waals surface area contributed by atoms with Crippen LogP contribution in [0.25, 0.3) is 11.3 Å². The highest BCUT2D eigenvalue weighted by Gasteiger charge is 2.19. The van der Waals surface area contributed by atoms with Crippen molar-refractivity contribution in [3.8, 4) is 17.0 Å². The van der Waals surface area contributed by atoms with Gasteiger partial charge < -0.3 is 10.1 Å². The minimum atomic E-state index is -0.298. The van der Waals surface area contributed by atoms with Crippen LogP contribution in [-0.2, 0) is 0 Å². The van der Waals surface area contributed by atoms with Crippen molar-refractivity contribution in [1.29, 1.82) is 0 Å². The number of halogens is 1. The topological polar surface area (TPSA) is 94.0 Å². The first-order valence-electron chi connectivity index (χ1n) is 9.35. The molecule has 0 radical (unpaired) electrons. The number of rotatable bonds is 6. The second-order valence-corrected chi connectivity index (χ2v) is 7.37. The number of hydrogen-bond acceptors (Lipinski definition) is 7. The van der Waals surface area contributed by atoms with Crippen LogP contribution >= 0.6 is 23.7 Å². The van der Waals surface area contributed by atoms with Crippen LogP contribution in [0.3, 0.4) is 0 Å². The van der Waals surface area contributed by atoms with Crippen LogP contribution in [0, 0.1) is 0 Å². The zero-order valence-electron chi connectivity index (χ0n) is 16.0. The molecular formula is C19H23ClN6O2S. The third-order valence-corrected chi connectivity index (χ3v) is 5.37. The van der Waals surface area contributed by atoms with Gasteiger partial charge in [0.2, 0.25) is 0 Å². The highest BCUT2D eigenvalue weighted by Crippen LogP contribution is 2.27. The van der Waals surface area contributed by atoms with E-state index in [9.17, 15) is 4.79 Å². The molecule has 0 atom stereocenters. The number of thiazole rings is 1. The second kappa shape index (κ2) is 9.82. The van der Waals surface area contributed by atoms with Crippen LogP contribution < -0.4 is 15.4 Å². The zero-order chi connectivity index (χ0) is 19.3. The van der Waals surface area contributed by atoms with Crippen molar-refractivity contribution in [2.75, 3.05) is 25.0 Å². The zero-order valence-corrected chi connectivity index (χ0v) is 17.6. The van der Waals surface area contributed by atoms with Crippen molar-refractivity contribution in [1.82, 2.24) is 25.3 Å². The van der Waals surface area contributed by atoms with Crippen LogP contribution in [0.4, 0.5) is 5.13 Å². The van der Waals surface area contributed by atoms with Crippen molar-refractivity contribution in [2.24, 2.45) is 0 Å². The number of carbonyl (C=O) groups excluding carboxylic acids is 1. The van der Waals surface area contributed by atoms with Gasteiger partial charge in [-0.15, -0.1) is 28.8 Å². The Kier molecular flexibility index (Phi) is 7.18. The second-order valence-electron chi connectivity index (χ2n) is 6.51. The number of hydrogen-bond donors (Lipinski definition) is 2. The summed E-state index contributed by atoms with van der Waals surface area (Å²) < 4.78 is 7.25. The number of aromatic nitrogens is 4. The van der Waals surface area contributed by atoms with Gasteiger partial charge in [0.15, 0.2) is 10.8 Å². The van der Waals surface area contributed by atoms with Gasteiger partial charge in [0, 0.05) is 10.9 Å². The number of nitrogens with one attached hydrogen (secondary N) is 2. The normalized spacial score (nSPS) is 14.2. The molecule has 3 aromatic rings. The molecule has 0 spiro atoms. The van der Waals surface area contributed by atoms with Crippen molar-refractivity contribution in [2.45, 2.75) is 25.8 Å². The quantitative estimate of drug-likeness (QED) is 0.617. The third-order valence-electron chi connectivity index (χ3n) is 4.61. The lowest BCUT2D eigenvalue weighted by Crippen LogP contribution is -2.29. The minimum Gasteiger partial charge on any atom is -0.494 e. The molecule has 2 N–H and O–H groups in total. The molecule has 154 valence electrons. The lowest BCUT2D eigenvalue weighted by Gasteiger charge is -2.21. The molecule has 8 nitrogen and oxygen atoms in total.